The van der Waals surface area contributed by atoms with E-state index in [9.17, 15) is 14.7 Å². The van der Waals surface area contributed by atoms with Crippen LogP contribution in [0.15, 0.2) is 23.5 Å². The molecular weight excluding hydrogens is 510 g/mol. The summed E-state index contributed by atoms with van der Waals surface area (Å²) in [5.41, 5.74) is 0.364. The zero-order valence-corrected chi connectivity index (χ0v) is 24.9. The number of esters is 1. The molecule has 0 saturated carbocycles. The highest BCUT2D eigenvalue weighted by molar-refractivity contribution is 5.94. The van der Waals surface area contributed by atoms with Crippen molar-refractivity contribution in [3.63, 3.8) is 0 Å². The molecule has 220 valence electrons. The van der Waals surface area contributed by atoms with Gasteiger partial charge in [0.25, 0.3) is 0 Å². The van der Waals surface area contributed by atoms with Crippen molar-refractivity contribution in [2.24, 2.45) is 17.3 Å². The Morgan fingerprint density at radius 3 is 2.50 bits per heavy atom. The van der Waals surface area contributed by atoms with Crippen molar-refractivity contribution in [1.29, 1.82) is 0 Å². The number of methoxy groups -OCH3 is 2. The quantitative estimate of drug-likeness (QED) is 0.436. The maximum Gasteiger partial charge on any atom is 0.314 e. The summed E-state index contributed by atoms with van der Waals surface area (Å²) in [6.07, 6.45) is 4.88. The molecular formula is C32H45NO7. The number of allylic oxidation sites excluding steroid dienone is 1. The van der Waals surface area contributed by atoms with E-state index in [1.807, 2.05) is 0 Å². The number of fused-ring (bicyclic) bond motifs is 3. The lowest BCUT2D eigenvalue weighted by Crippen LogP contribution is -2.56. The number of Topliss-reactive ketones (excluding diaryl/α,β-unsaturated/α-hetero) is 1. The van der Waals surface area contributed by atoms with Gasteiger partial charge in [0.05, 0.1) is 19.6 Å². The van der Waals surface area contributed by atoms with Crippen molar-refractivity contribution in [1.82, 2.24) is 4.90 Å². The van der Waals surface area contributed by atoms with Gasteiger partial charge < -0.3 is 24.1 Å². The maximum atomic E-state index is 14.4. The summed E-state index contributed by atoms with van der Waals surface area (Å²) in [7, 11) is 3.00. The molecule has 1 aliphatic carbocycles. The van der Waals surface area contributed by atoms with E-state index in [0.29, 0.717) is 6.42 Å². The molecule has 4 aliphatic rings. The summed E-state index contributed by atoms with van der Waals surface area (Å²) in [6, 6.07) is 4.33. The second kappa shape index (κ2) is 11.0. The van der Waals surface area contributed by atoms with Crippen LogP contribution in [-0.2, 0) is 25.5 Å². The van der Waals surface area contributed by atoms with E-state index in [0.717, 1.165) is 56.0 Å². The van der Waals surface area contributed by atoms with Gasteiger partial charge in [0.1, 0.15) is 11.4 Å². The Labute approximate surface area is 238 Å². The average molecular weight is 556 g/mol. The Balaban J connectivity index is 1.59. The van der Waals surface area contributed by atoms with Gasteiger partial charge in [-0.2, -0.15) is 0 Å². The van der Waals surface area contributed by atoms with Gasteiger partial charge in [-0.05, 0) is 93.7 Å². The fourth-order valence-electron chi connectivity index (χ4n) is 7.49. The Kier molecular flexibility index (Phi) is 7.96. The van der Waals surface area contributed by atoms with Crippen LogP contribution in [0.3, 0.4) is 0 Å². The number of carbonyl (C=O) groups is 2. The van der Waals surface area contributed by atoms with Crippen molar-refractivity contribution in [3.8, 4) is 11.5 Å². The summed E-state index contributed by atoms with van der Waals surface area (Å²) in [5.74, 6) is 1.40. The van der Waals surface area contributed by atoms with Crippen molar-refractivity contribution >= 4 is 11.8 Å². The van der Waals surface area contributed by atoms with E-state index in [1.165, 1.54) is 23.8 Å². The smallest absolute Gasteiger partial charge is 0.314 e. The topological polar surface area (TPSA) is 94.5 Å². The largest absolute Gasteiger partial charge is 0.501 e. The van der Waals surface area contributed by atoms with Gasteiger partial charge >= 0.3 is 5.97 Å². The minimum absolute atomic E-state index is 0.0328. The summed E-state index contributed by atoms with van der Waals surface area (Å²) >= 11 is 0. The van der Waals surface area contributed by atoms with Gasteiger partial charge in [0.2, 0.25) is 6.79 Å². The second-order valence-electron chi connectivity index (χ2n) is 12.9. The van der Waals surface area contributed by atoms with Crippen LogP contribution in [0.1, 0.15) is 83.3 Å². The zero-order valence-electron chi connectivity index (χ0n) is 24.9. The number of hydrogen-bond acceptors (Lipinski definition) is 8. The molecule has 8 heteroatoms. The molecule has 1 saturated heterocycles. The van der Waals surface area contributed by atoms with Gasteiger partial charge in [-0.1, -0.05) is 13.8 Å². The number of hydrogen-bond donors (Lipinski definition) is 1. The average Bonchev–Trinajstić information content (AvgIpc) is 3.39. The van der Waals surface area contributed by atoms with E-state index in [-0.39, 0.29) is 49.2 Å². The molecule has 4 atom stereocenters. The minimum Gasteiger partial charge on any atom is -0.501 e. The summed E-state index contributed by atoms with van der Waals surface area (Å²) in [6.45, 7) is 9.46. The van der Waals surface area contributed by atoms with Crippen molar-refractivity contribution in [2.75, 3.05) is 34.1 Å². The number of nitrogens with zero attached hydrogens (tertiary/aromatic N) is 1. The zero-order chi connectivity index (χ0) is 28.8. The number of aliphatic hydroxyl groups is 1. The van der Waals surface area contributed by atoms with E-state index in [1.54, 1.807) is 21.0 Å². The molecule has 1 N–H and O–H groups in total. The van der Waals surface area contributed by atoms with Gasteiger partial charge in [-0.25, -0.2) is 0 Å². The van der Waals surface area contributed by atoms with Gasteiger partial charge in [0.15, 0.2) is 17.3 Å². The highest BCUT2D eigenvalue weighted by atomic mass is 16.7. The van der Waals surface area contributed by atoms with E-state index in [2.05, 4.69) is 30.9 Å². The first kappa shape index (κ1) is 28.9. The highest BCUT2D eigenvalue weighted by Crippen LogP contribution is 2.55. The third kappa shape index (κ3) is 4.71. The molecule has 0 spiro atoms. The number of ether oxygens (including phenoxy) is 4. The monoisotopic (exact) mass is 555 g/mol. The summed E-state index contributed by atoms with van der Waals surface area (Å²) in [4.78, 5) is 29.9. The maximum absolute atomic E-state index is 14.4. The molecule has 3 aliphatic heterocycles. The molecule has 0 bridgehead atoms. The number of carbonyl (C=O) groups excluding carboxylic acids is 2. The molecule has 0 aromatic heterocycles. The third-order valence-electron chi connectivity index (χ3n) is 9.88. The molecule has 5 rings (SSSR count). The van der Waals surface area contributed by atoms with Crippen molar-refractivity contribution in [3.05, 3.63) is 34.6 Å². The van der Waals surface area contributed by atoms with Crippen LogP contribution in [0.2, 0.25) is 0 Å². The molecule has 0 amide bonds. The number of benzene rings is 1. The Bertz CT molecular complexity index is 1190. The van der Waals surface area contributed by atoms with E-state index < -0.39 is 17.0 Å². The van der Waals surface area contributed by atoms with Crippen LogP contribution in [-0.4, -0.2) is 67.5 Å². The first-order chi connectivity index (χ1) is 19.0. The van der Waals surface area contributed by atoms with E-state index in [4.69, 9.17) is 18.9 Å². The fraction of sp³-hybridized carbons (Fsp3) is 0.688. The Hall–Kier alpha value is -2.58. The fourth-order valence-corrected chi connectivity index (χ4v) is 7.49. The molecule has 1 fully saturated rings. The normalized spacial score (nSPS) is 25.6. The predicted molar refractivity (Wildman–Crippen MR) is 150 cm³/mol. The van der Waals surface area contributed by atoms with Crippen LogP contribution in [0.25, 0.3) is 0 Å². The minimum atomic E-state index is -1.87. The molecule has 8 nitrogen and oxygen atoms in total. The highest BCUT2D eigenvalue weighted by Gasteiger charge is 2.57. The lowest BCUT2D eigenvalue weighted by atomic mass is 9.66. The van der Waals surface area contributed by atoms with Crippen molar-refractivity contribution in [2.45, 2.75) is 90.2 Å². The van der Waals surface area contributed by atoms with Crippen LogP contribution in [0.5, 0.6) is 11.5 Å². The second-order valence-corrected chi connectivity index (χ2v) is 12.9. The Morgan fingerprint density at radius 2 is 1.82 bits per heavy atom. The summed E-state index contributed by atoms with van der Waals surface area (Å²) in [5, 5.41) is 12.1. The standard InChI is InChI=1S/C32H45NO7/c1-19(2)10-12-32(36,31(3,4)30(35)38-6)26(34)17-23-27-22-16-25-24(39-18-40-25)15-20(22)11-14-33-13-8-7-9-21(28(27)33)29(23)37-5/h15-16,19,23,27-28,36H,7-14,17-18H2,1-6H3/t23-,27+,28-,32-/m0/s1. The molecule has 0 radical (unpaired) electrons. The third-order valence-corrected chi connectivity index (χ3v) is 9.88. The molecule has 3 heterocycles. The molecule has 1 aromatic carbocycles. The molecule has 0 unspecified atom stereocenters. The van der Waals surface area contributed by atoms with Crippen molar-refractivity contribution < 1.29 is 33.6 Å². The van der Waals surface area contributed by atoms with Crippen LogP contribution < -0.4 is 9.47 Å². The SMILES string of the molecule is COC(=O)C(C)(C)[C@](O)(CCC(C)C)C(=O)C[C@@H]1C(OC)=C2CCCCN3CCc4cc5c(cc4[C@H]1[C@H]23)OCO5. The van der Waals surface area contributed by atoms with Gasteiger partial charge in [-0.15, -0.1) is 0 Å². The van der Waals surface area contributed by atoms with Gasteiger partial charge in [0, 0.05) is 30.8 Å². The number of ketones is 1. The molecule has 1 aromatic rings. The van der Waals surface area contributed by atoms with Crippen LogP contribution in [0.4, 0.5) is 0 Å². The lowest BCUT2D eigenvalue weighted by molar-refractivity contribution is -0.177. The summed E-state index contributed by atoms with van der Waals surface area (Å²) < 4.78 is 22.7. The first-order valence-electron chi connectivity index (χ1n) is 14.8. The lowest BCUT2D eigenvalue weighted by Gasteiger charge is -2.41. The Morgan fingerprint density at radius 1 is 1.10 bits per heavy atom. The van der Waals surface area contributed by atoms with E-state index >= 15 is 0 Å². The number of rotatable bonds is 9. The predicted octanol–water partition coefficient (Wildman–Crippen LogP) is 4.77. The van der Waals surface area contributed by atoms with Crippen LogP contribution >= 0.6 is 0 Å². The molecule has 40 heavy (non-hydrogen) atoms. The first-order valence-corrected chi connectivity index (χ1v) is 14.8. The van der Waals surface area contributed by atoms with Gasteiger partial charge in [-0.3, -0.25) is 14.5 Å². The van der Waals surface area contributed by atoms with Crippen LogP contribution in [0, 0.1) is 17.3 Å².